The van der Waals surface area contributed by atoms with Crippen LogP contribution in [0, 0.1) is 0 Å². The molecule has 0 heterocycles. The number of hydrogen-bond donors (Lipinski definition) is 2. The van der Waals surface area contributed by atoms with E-state index in [1.165, 1.54) is 0 Å². The van der Waals surface area contributed by atoms with Gasteiger partial charge in [0.2, 0.25) is 0 Å². The van der Waals surface area contributed by atoms with Crippen LogP contribution in [-0.2, 0) is 0 Å². The molecule has 0 radical (unpaired) electrons. The van der Waals surface area contributed by atoms with E-state index in [9.17, 15) is 5.11 Å². The Hall–Kier alpha value is -2.88. The number of aliphatic hydroxyl groups excluding tert-OH is 1. The van der Waals surface area contributed by atoms with E-state index >= 15 is 0 Å². The summed E-state index contributed by atoms with van der Waals surface area (Å²) in [5.41, 5.74) is 5.66. The van der Waals surface area contributed by atoms with Gasteiger partial charge in [0.25, 0.3) is 0 Å². The van der Waals surface area contributed by atoms with Gasteiger partial charge in [-0.25, -0.2) is 0 Å². The van der Waals surface area contributed by atoms with Crippen LogP contribution in [0.1, 0.15) is 23.1 Å². The first-order chi connectivity index (χ1) is 13.8. The molecule has 0 unspecified atom stereocenters. The summed E-state index contributed by atoms with van der Waals surface area (Å²) in [5.74, 6) is 0.856. The second-order valence-electron chi connectivity index (χ2n) is 6.54. The van der Waals surface area contributed by atoms with Gasteiger partial charge in [0.15, 0.2) is 0 Å². The zero-order valence-corrected chi connectivity index (χ0v) is 16.3. The molecular formula is C25H27NO2. The summed E-state index contributed by atoms with van der Waals surface area (Å²) < 4.78 is 5.76. The minimum absolute atomic E-state index is 0.103. The monoisotopic (exact) mass is 373 g/mol. The maximum absolute atomic E-state index is 9.75. The third-order valence-electron chi connectivity index (χ3n) is 4.61. The average molecular weight is 373 g/mol. The van der Waals surface area contributed by atoms with Gasteiger partial charge in [0, 0.05) is 13.2 Å². The molecule has 0 atom stereocenters. The molecule has 0 saturated carbocycles. The quantitative estimate of drug-likeness (QED) is 0.425. The van der Waals surface area contributed by atoms with Gasteiger partial charge in [0.05, 0.1) is 0 Å². The predicted octanol–water partition coefficient (Wildman–Crippen LogP) is 4.63. The third-order valence-corrected chi connectivity index (χ3v) is 4.61. The lowest BCUT2D eigenvalue weighted by molar-refractivity contribution is 0.305. The molecule has 0 spiro atoms. The van der Waals surface area contributed by atoms with E-state index in [0.29, 0.717) is 13.0 Å². The van der Waals surface area contributed by atoms with Crippen molar-refractivity contribution in [2.75, 3.05) is 26.8 Å². The fourth-order valence-corrected chi connectivity index (χ4v) is 3.27. The molecule has 0 bridgehead atoms. The van der Waals surface area contributed by atoms with Gasteiger partial charge in [-0.3, -0.25) is 0 Å². The Balaban J connectivity index is 2.07. The van der Waals surface area contributed by atoms with Gasteiger partial charge >= 0.3 is 0 Å². The summed E-state index contributed by atoms with van der Waals surface area (Å²) in [7, 11) is 1.91. The highest BCUT2D eigenvalue weighted by molar-refractivity contribution is 5.98. The maximum Gasteiger partial charge on any atom is 0.119 e. The Morgan fingerprint density at radius 3 is 1.93 bits per heavy atom. The van der Waals surface area contributed by atoms with Crippen LogP contribution >= 0.6 is 0 Å². The van der Waals surface area contributed by atoms with Gasteiger partial charge in [0.1, 0.15) is 12.4 Å². The molecule has 28 heavy (non-hydrogen) atoms. The Bertz CT molecular complexity index is 871. The molecule has 3 aromatic rings. The van der Waals surface area contributed by atoms with Gasteiger partial charge in [-0.05, 0) is 53.4 Å². The van der Waals surface area contributed by atoms with Gasteiger partial charge in [-0.1, -0.05) is 72.8 Å². The molecule has 0 fully saturated rings. The zero-order chi connectivity index (χ0) is 19.6. The standard InChI is InChI=1S/C25H27NO2/c1-26-17-19-28-23-14-12-22(13-15-23)25(21-10-6-3-7-11-21)24(16-18-27)20-8-4-2-5-9-20/h2-15,26-27H,16-19H2,1H3/b25-24-. The first-order valence-corrected chi connectivity index (χ1v) is 9.66. The first-order valence-electron chi connectivity index (χ1n) is 9.66. The predicted molar refractivity (Wildman–Crippen MR) is 116 cm³/mol. The van der Waals surface area contributed by atoms with Crippen molar-refractivity contribution in [2.24, 2.45) is 0 Å². The minimum atomic E-state index is 0.103. The van der Waals surface area contributed by atoms with Gasteiger partial charge in [-0.15, -0.1) is 0 Å². The average Bonchev–Trinajstić information content (AvgIpc) is 2.76. The zero-order valence-electron chi connectivity index (χ0n) is 16.3. The molecule has 3 rings (SSSR count). The van der Waals surface area contributed by atoms with E-state index in [1.54, 1.807) is 0 Å². The molecule has 3 aromatic carbocycles. The summed E-state index contributed by atoms with van der Waals surface area (Å²) in [6.07, 6.45) is 0.592. The van der Waals surface area contributed by atoms with Crippen LogP contribution in [0.2, 0.25) is 0 Å². The van der Waals surface area contributed by atoms with Crippen LogP contribution in [0.25, 0.3) is 11.1 Å². The topological polar surface area (TPSA) is 41.5 Å². The van der Waals surface area contributed by atoms with Crippen LogP contribution in [0.4, 0.5) is 0 Å². The molecule has 3 heteroatoms. The van der Waals surface area contributed by atoms with E-state index < -0.39 is 0 Å². The van der Waals surface area contributed by atoms with Crippen molar-refractivity contribution in [1.29, 1.82) is 0 Å². The third kappa shape index (κ3) is 5.10. The SMILES string of the molecule is CNCCOc1ccc(/C(=C(/CCO)c2ccccc2)c2ccccc2)cc1. The Morgan fingerprint density at radius 2 is 1.36 bits per heavy atom. The smallest absolute Gasteiger partial charge is 0.119 e. The van der Waals surface area contributed by atoms with Gasteiger partial charge in [-0.2, -0.15) is 0 Å². The summed E-state index contributed by atoms with van der Waals surface area (Å²) in [6, 6.07) is 28.8. The molecule has 0 amide bonds. The number of benzene rings is 3. The number of rotatable bonds is 9. The van der Waals surface area contributed by atoms with Crippen molar-refractivity contribution >= 4 is 11.1 Å². The van der Waals surface area contributed by atoms with Crippen molar-refractivity contribution < 1.29 is 9.84 Å². The highest BCUT2D eigenvalue weighted by Gasteiger charge is 2.14. The van der Waals surface area contributed by atoms with E-state index in [-0.39, 0.29) is 6.61 Å². The Morgan fingerprint density at radius 1 is 0.786 bits per heavy atom. The van der Waals surface area contributed by atoms with E-state index in [0.717, 1.165) is 40.1 Å². The minimum Gasteiger partial charge on any atom is -0.492 e. The molecule has 0 aliphatic rings. The van der Waals surface area contributed by atoms with Crippen molar-refractivity contribution in [3.8, 4) is 5.75 Å². The summed E-state index contributed by atoms with van der Waals surface area (Å²) in [5, 5.41) is 12.8. The molecule has 3 nitrogen and oxygen atoms in total. The van der Waals surface area contributed by atoms with Crippen LogP contribution in [0.15, 0.2) is 84.9 Å². The molecule has 144 valence electrons. The number of ether oxygens (including phenoxy) is 1. The molecule has 0 aliphatic carbocycles. The normalized spacial score (nSPS) is 11.8. The van der Waals surface area contributed by atoms with E-state index in [2.05, 4.69) is 41.7 Å². The second kappa shape index (κ2) is 10.5. The number of likely N-dealkylation sites (N-methyl/N-ethyl adjacent to an activating group) is 1. The van der Waals surface area contributed by atoms with Crippen LogP contribution < -0.4 is 10.1 Å². The lowest BCUT2D eigenvalue weighted by Crippen LogP contribution is -2.15. The maximum atomic E-state index is 9.75. The molecule has 0 aliphatic heterocycles. The fourth-order valence-electron chi connectivity index (χ4n) is 3.27. The van der Waals surface area contributed by atoms with Crippen molar-refractivity contribution in [3.63, 3.8) is 0 Å². The highest BCUT2D eigenvalue weighted by Crippen LogP contribution is 2.34. The van der Waals surface area contributed by atoms with Crippen molar-refractivity contribution in [2.45, 2.75) is 6.42 Å². The number of hydrogen-bond acceptors (Lipinski definition) is 3. The fraction of sp³-hybridized carbons (Fsp3) is 0.200. The highest BCUT2D eigenvalue weighted by atomic mass is 16.5. The lowest BCUT2D eigenvalue weighted by Gasteiger charge is -2.17. The number of nitrogens with one attached hydrogen (secondary N) is 1. The molecule has 0 aromatic heterocycles. The van der Waals surface area contributed by atoms with Crippen LogP contribution in [0.5, 0.6) is 5.75 Å². The van der Waals surface area contributed by atoms with Crippen molar-refractivity contribution in [3.05, 3.63) is 102 Å². The van der Waals surface area contributed by atoms with Crippen LogP contribution in [-0.4, -0.2) is 31.9 Å². The Kier molecular flexibility index (Phi) is 7.42. The molecule has 0 saturated heterocycles. The van der Waals surface area contributed by atoms with Gasteiger partial charge < -0.3 is 15.2 Å². The number of aliphatic hydroxyl groups is 1. The lowest BCUT2D eigenvalue weighted by atomic mass is 9.88. The summed E-state index contributed by atoms with van der Waals surface area (Å²) in [4.78, 5) is 0. The summed E-state index contributed by atoms with van der Waals surface area (Å²) >= 11 is 0. The first kappa shape index (κ1) is 19.9. The second-order valence-corrected chi connectivity index (χ2v) is 6.54. The summed E-state index contributed by atoms with van der Waals surface area (Å²) in [6.45, 7) is 1.55. The molecule has 2 N–H and O–H groups in total. The van der Waals surface area contributed by atoms with Crippen LogP contribution in [0.3, 0.4) is 0 Å². The Labute approximate surface area is 167 Å². The van der Waals surface area contributed by atoms with E-state index in [4.69, 9.17) is 4.74 Å². The molecular weight excluding hydrogens is 346 g/mol. The van der Waals surface area contributed by atoms with E-state index in [1.807, 2.05) is 55.6 Å². The van der Waals surface area contributed by atoms with Crippen molar-refractivity contribution in [1.82, 2.24) is 5.32 Å². The largest absolute Gasteiger partial charge is 0.492 e.